The topological polar surface area (TPSA) is 94.9 Å². The number of halogens is 3. The minimum Gasteiger partial charge on any atom is -0.464 e. The van der Waals surface area contributed by atoms with Crippen LogP contribution in [0.4, 0.5) is 4.79 Å². The molecular weight excluding hydrogens is 537 g/mol. The number of benzene rings is 3. The van der Waals surface area contributed by atoms with Gasteiger partial charge in [-0.3, -0.25) is 13.9 Å². The van der Waals surface area contributed by atoms with Gasteiger partial charge >= 0.3 is 6.09 Å². The van der Waals surface area contributed by atoms with Crippen LogP contribution in [0.3, 0.4) is 0 Å². The lowest BCUT2D eigenvalue weighted by molar-refractivity contribution is 0.197. The highest BCUT2D eigenvalue weighted by atomic mass is 35.5. The van der Waals surface area contributed by atoms with Gasteiger partial charge in [-0.15, -0.1) is 0 Å². The van der Waals surface area contributed by atoms with Gasteiger partial charge in [0.2, 0.25) is 0 Å². The summed E-state index contributed by atoms with van der Waals surface area (Å²) in [5, 5.41) is 11.9. The predicted molar refractivity (Wildman–Crippen MR) is 144 cm³/mol. The van der Waals surface area contributed by atoms with Crippen molar-refractivity contribution >= 4 is 63.0 Å². The number of carboxylic acid groups (broad SMARTS) is 1. The average Bonchev–Trinajstić information content (AvgIpc) is 3.46. The Morgan fingerprint density at radius 2 is 1.62 bits per heavy atom. The van der Waals surface area contributed by atoms with E-state index in [4.69, 9.17) is 34.8 Å². The molecule has 0 saturated carbocycles. The van der Waals surface area contributed by atoms with Crippen LogP contribution in [-0.2, 0) is 0 Å². The van der Waals surface area contributed by atoms with E-state index in [2.05, 4.69) is 9.97 Å². The van der Waals surface area contributed by atoms with Crippen LogP contribution in [-0.4, -0.2) is 34.9 Å². The number of imidazole rings is 1. The monoisotopic (exact) mass is 549 g/mol. The van der Waals surface area contributed by atoms with Crippen LogP contribution in [0.2, 0.25) is 15.1 Å². The number of rotatable bonds is 3. The minimum absolute atomic E-state index is 0.0918. The van der Waals surface area contributed by atoms with Gasteiger partial charge in [0.25, 0.3) is 5.56 Å². The molecule has 182 valence electrons. The predicted octanol–water partition coefficient (Wildman–Crippen LogP) is 6.68. The van der Waals surface area contributed by atoms with Crippen LogP contribution < -0.4 is 5.56 Å². The van der Waals surface area contributed by atoms with Crippen molar-refractivity contribution in [1.29, 1.82) is 0 Å². The van der Waals surface area contributed by atoms with Crippen molar-refractivity contribution in [3.8, 4) is 22.9 Å². The first-order chi connectivity index (χ1) is 17.8. The molecule has 3 aromatic heterocycles. The number of nitrogens with zero attached hydrogens (tertiary/aromatic N) is 5. The lowest BCUT2D eigenvalue weighted by atomic mass is 10.2. The number of aromatic nitrogens is 5. The zero-order valence-corrected chi connectivity index (χ0v) is 20.9. The molecule has 8 nitrogen and oxygen atoms in total. The molecule has 0 aliphatic carbocycles. The molecule has 0 fully saturated rings. The highest BCUT2D eigenvalue weighted by molar-refractivity contribution is 6.36. The second-order valence-electron chi connectivity index (χ2n) is 8.14. The fourth-order valence-corrected chi connectivity index (χ4v) is 4.96. The van der Waals surface area contributed by atoms with Crippen molar-refractivity contribution in [2.24, 2.45) is 0 Å². The van der Waals surface area contributed by atoms with Gasteiger partial charge in [0, 0.05) is 21.0 Å². The Balaban J connectivity index is 1.71. The molecule has 0 amide bonds. The van der Waals surface area contributed by atoms with Crippen LogP contribution in [0, 0.1) is 0 Å². The van der Waals surface area contributed by atoms with E-state index >= 15 is 0 Å². The van der Waals surface area contributed by atoms with Crippen molar-refractivity contribution in [1.82, 2.24) is 23.7 Å². The van der Waals surface area contributed by atoms with Gasteiger partial charge in [-0.25, -0.2) is 19.3 Å². The average molecular weight is 551 g/mol. The first-order valence-corrected chi connectivity index (χ1v) is 12.0. The number of hydrogen-bond donors (Lipinski definition) is 1. The summed E-state index contributed by atoms with van der Waals surface area (Å²) in [4.78, 5) is 35.4. The van der Waals surface area contributed by atoms with Crippen LogP contribution in [0.1, 0.15) is 0 Å². The van der Waals surface area contributed by atoms with Gasteiger partial charge in [-0.1, -0.05) is 53.0 Å². The molecule has 11 heteroatoms. The molecule has 0 radical (unpaired) electrons. The summed E-state index contributed by atoms with van der Waals surface area (Å²) in [5.74, 6) is 0.473. The summed E-state index contributed by atoms with van der Waals surface area (Å²) in [6.45, 7) is 0. The standard InChI is InChI=1S/C26H14Cl3N5O3/c27-15-5-8-17(9-6-15)33-24(18-10-7-16(28)12-19(18)29)31-23-22(25(33)35)32(13-30-23)21-11-14-3-1-2-4-20(14)34(21)26(36)37/h1-13H,(H,36,37). The molecule has 0 aliphatic heterocycles. The molecule has 3 heterocycles. The number of hydrogen-bond acceptors (Lipinski definition) is 4. The Kier molecular flexibility index (Phi) is 5.52. The number of para-hydroxylation sites is 1. The Labute approximate surface area is 223 Å². The molecule has 37 heavy (non-hydrogen) atoms. The van der Waals surface area contributed by atoms with E-state index in [0.717, 1.165) is 4.57 Å². The lowest BCUT2D eigenvalue weighted by Crippen LogP contribution is -2.24. The van der Waals surface area contributed by atoms with Crippen LogP contribution in [0.5, 0.6) is 0 Å². The second-order valence-corrected chi connectivity index (χ2v) is 9.42. The summed E-state index contributed by atoms with van der Waals surface area (Å²) in [6.07, 6.45) is 0.181. The third-order valence-electron chi connectivity index (χ3n) is 5.96. The molecular formula is C26H14Cl3N5O3. The van der Waals surface area contributed by atoms with Gasteiger partial charge in [0.05, 0.1) is 16.2 Å². The molecule has 6 rings (SSSR count). The van der Waals surface area contributed by atoms with Crippen molar-refractivity contribution in [2.45, 2.75) is 0 Å². The molecule has 0 saturated heterocycles. The first-order valence-electron chi connectivity index (χ1n) is 10.9. The number of fused-ring (bicyclic) bond motifs is 2. The molecule has 3 aromatic carbocycles. The maximum absolute atomic E-state index is 14.1. The molecule has 6 aromatic rings. The van der Waals surface area contributed by atoms with Gasteiger partial charge < -0.3 is 5.11 Å². The quantitative estimate of drug-likeness (QED) is 0.265. The van der Waals surface area contributed by atoms with Gasteiger partial charge in [-0.05, 0) is 54.6 Å². The van der Waals surface area contributed by atoms with E-state index in [1.54, 1.807) is 66.7 Å². The lowest BCUT2D eigenvalue weighted by Gasteiger charge is -2.15. The molecule has 0 atom stereocenters. The smallest absolute Gasteiger partial charge is 0.417 e. The largest absolute Gasteiger partial charge is 0.464 e. The third-order valence-corrected chi connectivity index (χ3v) is 6.76. The van der Waals surface area contributed by atoms with E-state index in [0.29, 0.717) is 37.2 Å². The van der Waals surface area contributed by atoms with E-state index < -0.39 is 11.7 Å². The minimum atomic E-state index is -1.20. The summed E-state index contributed by atoms with van der Waals surface area (Å²) in [5.41, 5.74) is 1.16. The Bertz CT molecular complexity index is 1920. The second kappa shape index (κ2) is 8.77. The Morgan fingerprint density at radius 3 is 2.35 bits per heavy atom. The molecule has 1 N–H and O–H groups in total. The highest BCUT2D eigenvalue weighted by Gasteiger charge is 2.23. The van der Waals surface area contributed by atoms with Gasteiger partial charge in [0.1, 0.15) is 12.1 Å². The van der Waals surface area contributed by atoms with E-state index in [1.165, 1.54) is 15.5 Å². The van der Waals surface area contributed by atoms with E-state index in [-0.39, 0.29) is 22.8 Å². The zero-order valence-electron chi connectivity index (χ0n) is 18.6. The van der Waals surface area contributed by atoms with Crippen molar-refractivity contribution in [3.05, 3.63) is 105 Å². The zero-order chi connectivity index (χ0) is 25.8. The summed E-state index contributed by atoms with van der Waals surface area (Å²) >= 11 is 18.7. The SMILES string of the molecule is O=C(O)n1c(-n2cnc3nc(-c4ccc(Cl)cc4Cl)n(-c4ccc(Cl)cc4)c(=O)c32)cc2ccccc21. The third kappa shape index (κ3) is 3.77. The molecule has 0 spiro atoms. The maximum atomic E-state index is 14.1. The fraction of sp³-hybridized carbons (Fsp3) is 0. The van der Waals surface area contributed by atoms with E-state index in [9.17, 15) is 14.7 Å². The Morgan fingerprint density at radius 1 is 0.892 bits per heavy atom. The van der Waals surface area contributed by atoms with E-state index in [1.807, 2.05) is 6.07 Å². The Hall–Kier alpha value is -4.11. The number of carbonyl (C=O) groups is 1. The summed E-state index contributed by atoms with van der Waals surface area (Å²) in [6, 6.07) is 20.3. The van der Waals surface area contributed by atoms with Crippen molar-refractivity contribution < 1.29 is 9.90 Å². The molecule has 0 bridgehead atoms. The van der Waals surface area contributed by atoms with Crippen LogP contribution in [0.15, 0.2) is 83.9 Å². The normalized spacial score (nSPS) is 11.4. The molecule has 0 aliphatic rings. The fourth-order valence-electron chi connectivity index (χ4n) is 4.35. The van der Waals surface area contributed by atoms with Crippen LogP contribution in [0.25, 0.3) is 45.0 Å². The first kappa shape index (κ1) is 23.3. The van der Waals surface area contributed by atoms with Gasteiger partial charge in [-0.2, -0.15) is 0 Å². The maximum Gasteiger partial charge on any atom is 0.417 e. The van der Waals surface area contributed by atoms with Crippen LogP contribution >= 0.6 is 34.8 Å². The summed E-state index contributed by atoms with van der Waals surface area (Å²) in [7, 11) is 0. The molecule has 0 unspecified atom stereocenters. The highest BCUT2D eigenvalue weighted by Crippen LogP contribution is 2.32. The van der Waals surface area contributed by atoms with Crippen molar-refractivity contribution in [2.75, 3.05) is 0 Å². The van der Waals surface area contributed by atoms with Gasteiger partial charge in [0.15, 0.2) is 17.0 Å². The summed E-state index contributed by atoms with van der Waals surface area (Å²) < 4.78 is 3.92. The van der Waals surface area contributed by atoms with Crippen molar-refractivity contribution in [3.63, 3.8) is 0 Å².